The smallest absolute Gasteiger partial charge is 0.254 e. The molecule has 1 aliphatic heterocycles. The summed E-state index contributed by atoms with van der Waals surface area (Å²) in [6, 6.07) is 15.4. The number of hydrogen-bond donors (Lipinski definition) is 1. The highest BCUT2D eigenvalue weighted by Crippen LogP contribution is 2.30. The highest BCUT2D eigenvalue weighted by molar-refractivity contribution is 5.83. The number of aromatic nitrogens is 2. The van der Waals surface area contributed by atoms with Gasteiger partial charge in [-0.25, -0.2) is 10.4 Å². The number of amides is 1. The van der Waals surface area contributed by atoms with Crippen LogP contribution in [0.3, 0.4) is 0 Å². The van der Waals surface area contributed by atoms with E-state index in [4.69, 9.17) is 9.47 Å². The Bertz CT molecular complexity index is 1090. The van der Waals surface area contributed by atoms with E-state index in [0.29, 0.717) is 24.8 Å². The number of hydrazone groups is 1. The average Bonchev–Trinajstić information content (AvgIpc) is 2.89. The number of rotatable bonds is 9. The fourth-order valence-corrected chi connectivity index (χ4v) is 4.11. The number of likely N-dealkylation sites (tertiary alicyclic amines) is 1. The first kappa shape index (κ1) is 23.4. The third-order valence-corrected chi connectivity index (χ3v) is 5.75. The van der Waals surface area contributed by atoms with Crippen molar-refractivity contribution in [3.05, 3.63) is 83.8 Å². The predicted octanol–water partition coefficient (Wildman–Crippen LogP) is 3.74. The van der Waals surface area contributed by atoms with Crippen LogP contribution < -0.4 is 14.9 Å². The minimum absolute atomic E-state index is 0.140. The number of benzene rings is 1. The monoisotopic (exact) mass is 459 g/mol. The Morgan fingerprint density at radius 1 is 1.21 bits per heavy atom. The van der Waals surface area contributed by atoms with Crippen molar-refractivity contribution in [3.63, 3.8) is 0 Å². The van der Waals surface area contributed by atoms with Gasteiger partial charge in [-0.1, -0.05) is 18.6 Å². The summed E-state index contributed by atoms with van der Waals surface area (Å²) in [7, 11) is 1.62. The highest BCUT2D eigenvalue weighted by Gasteiger charge is 2.25. The van der Waals surface area contributed by atoms with E-state index in [0.717, 1.165) is 42.5 Å². The Morgan fingerprint density at radius 2 is 2.15 bits per heavy atom. The SMILES string of the molecule is COc1ccc(/C=N\NC(=O)CN2CCCC[C@H]2c2cccnc2)cc1COc1ccccn1. The van der Waals surface area contributed by atoms with Crippen molar-refractivity contribution in [2.45, 2.75) is 31.9 Å². The molecule has 0 spiro atoms. The van der Waals surface area contributed by atoms with Gasteiger partial charge in [-0.3, -0.25) is 14.7 Å². The molecule has 176 valence electrons. The number of nitrogens with one attached hydrogen (secondary N) is 1. The highest BCUT2D eigenvalue weighted by atomic mass is 16.5. The number of methoxy groups -OCH3 is 1. The molecule has 0 radical (unpaired) electrons. The Morgan fingerprint density at radius 3 is 2.94 bits per heavy atom. The quantitative estimate of drug-likeness (QED) is 0.387. The van der Waals surface area contributed by atoms with Crippen LogP contribution in [-0.4, -0.2) is 47.2 Å². The van der Waals surface area contributed by atoms with Crippen molar-refractivity contribution in [2.75, 3.05) is 20.2 Å². The van der Waals surface area contributed by atoms with Crippen molar-refractivity contribution in [3.8, 4) is 11.6 Å². The normalized spacial score (nSPS) is 16.3. The summed E-state index contributed by atoms with van der Waals surface area (Å²) in [5.41, 5.74) is 5.49. The fraction of sp³-hybridized carbons (Fsp3) is 0.308. The van der Waals surface area contributed by atoms with Crippen molar-refractivity contribution in [1.82, 2.24) is 20.3 Å². The summed E-state index contributed by atoms with van der Waals surface area (Å²) < 4.78 is 11.2. The van der Waals surface area contributed by atoms with Gasteiger partial charge in [-0.05, 0) is 60.8 Å². The van der Waals surface area contributed by atoms with E-state index in [2.05, 4.69) is 31.5 Å². The second-order valence-electron chi connectivity index (χ2n) is 8.09. The Labute approximate surface area is 199 Å². The summed E-state index contributed by atoms with van der Waals surface area (Å²) in [6.07, 6.45) is 10.2. The van der Waals surface area contributed by atoms with Crippen molar-refractivity contribution in [1.29, 1.82) is 0 Å². The van der Waals surface area contributed by atoms with Gasteiger partial charge in [0.05, 0.1) is 19.9 Å². The van der Waals surface area contributed by atoms with Crippen molar-refractivity contribution < 1.29 is 14.3 Å². The van der Waals surface area contributed by atoms with Gasteiger partial charge in [0.2, 0.25) is 5.88 Å². The number of pyridine rings is 2. The first-order chi connectivity index (χ1) is 16.7. The van der Waals surface area contributed by atoms with Crippen molar-refractivity contribution >= 4 is 12.1 Å². The molecule has 8 nitrogen and oxygen atoms in total. The van der Waals surface area contributed by atoms with Crippen LogP contribution in [0.1, 0.15) is 42.0 Å². The number of carbonyl (C=O) groups excluding carboxylic acids is 1. The van der Waals surface area contributed by atoms with E-state index in [1.165, 1.54) is 0 Å². The van der Waals surface area contributed by atoms with E-state index in [-0.39, 0.29) is 11.9 Å². The number of piperidine rings is 1. The third kappa shape index (κ3) is 6.39. The summed E-state index contributed by atoms with van der Waals surface area (Å²) in [5, 5.41) is 4.16. The lowest BCUT2D eigenvalue weighted by Gasteiger charge is -2.35. The number of hydrogen-bond acceptors (Lipinski definition) is 7. The van der Waals surface area contributed by atoms with E-state index >= 15 is 0 Å². The number of nitrogens with zero attached hydrogens (tertiary/aromatic N) is 4. The zero-order valence-electron chi connectivity index (χ0n) is 19.3. The molecule has 3 aromatic rings. The van der Waals surface area contributed by atoms with E-state index in [9.17, 15) is 4.79 Å². The molecule has 0 bridgehead atoms. The molecular formula is C26H29N5O3. The first-order valence-corrected chi connectivity index (χ1v) is 11.4. The molecule has 2 aromatic heterocycles. The first-order valence-electron chi connectivity index (χ1n) is 11.4. The molecule has 4 rings (SSSR count). The summed E-state index contributed by atoms with van der Waals surface area (Å²) in [4.78, 5) is 23.2. The van der Waals surface area contributed by atoms with Gasteiger partial charge < -0.3 is 9.47 Å². The molecule has 0 saturated carbocycles. The molecule has 1 fully saturated rings. The van der Waals surface area contributed by atoms with Gasteiger partial charge in [-0.2, -0.15) is 5.10 Å². The van der Waals surface area contributed by atoms with Crippen LogP contribution in [0.25, 0.3) is 0 Å². The minimum Gasteiger partial charge on any atom is -0.496 e. The van der Waals surface area contributed by atoms with Crippen LogP contribution in [-0.2, 0) is 11.4 Å². The van der Waals surface area contributed by atoms with Crippen LogP contribution in [0.2, 0.25) is 0 Å². The zero-order chi connectivity index (χ0) is 23.6. The molecule has 0 aliphatic carbocycles. The van der Waals surface area contributed by atoms with Crippen LogP contribution in [0, 0.1) is 0 Å². The second-order valence-corrected chi connectivity index (χ2v) is 8.09. The molecule has 1 aliphatic rings. The van der Waals surface area contributed by atoms with E-state index < -0.39 is 0 Å². The van der Waals surface area contributed by atoms with E-state index in [1.54, 1.807) is 31.8 Å². The molecule has 8 heteroatoms. The number of carbonyl (C=O) groups is 1. The minimum atomic E-state index is -0.140. The molecule has 1 N–H and O–H groups in total. The van der Waals surface area contributed by atoms with Gasteiger partial charge in [0.1, 0.15) is 12.4 Å². The summed E-state index contributed by atoms with van der Waals surface area (Å²) in [5.74, 6) is 1.11. The maximum absolute atomic E-state index is 12.6. The number of ether oxygens (including phenoxy) is 2. The second kappa shape index (κ2) is 11.9. The molecule has 1 saturated heterocycles. The van der Waals surface area contributed by atoms with Crippen LogP contribution in [0.15, 0.2) is 72.2 Å². The standard InChI is InChI=1S/C26H29N5O3/c1-33-24-11-10-20(15-22(24)19-34-26-9-2-4-13-28-26)16-29-30-25(32)18-31-14-5-3-8-23(31)21-7-6-12-27-17-21/h2,4,6-7,9-13,15-17,23H,3,5,8,14,18-19H2,1H3,(H,30,32)/b29-16-/t23-/m0/s1. The molecule has 34 heavy (non-hydrogen) atoms. The van der Waals surface area contributed by atoms with E-state index in [1.807, 2.05) is 42.6 Å². The Kier molecular flexibility index (Phi) is 8.18. The van der Waals surface area contributed by atoms with Gasteiger partial charge in [0.15, 0.2) is 0 Å². The zero-order valence-corrected chi connectivity index (χ0v) is 19.3. The molecule has 0 unspecified atom stereocenters. The van der Waals surface area contributed by atoms with Crippen LogP contribution in [0.4, 0.5) is 0 Å². The largest absolute Gasteiger partial charge is 0.496 e. The molecule has 1 aromatic carbocycles. The lowest BCUT2D eigenvalue weighted by atomic mass is 9.96. The van der Waals surface area contributed by atoms with Gasteiger partial charge in [0.25, 0.3) is 5.91 Å². The topological polar surface area (TPSA) is 88.9 Å². The van der Waals surface area contributed by atoms with Crippen LogP contribution in [0.5, 0.6) is 11.6 Å². The third-order valence-electron chi connectivity index (χ3n) is 5.75. The van der Waals surface area contributed by atoms with Gasteiger partial charge in [-0.15, -0.1) is 0 Å². The average molecular weight is 460 g/mol. The summed E-state index contributed by atoms with van der Waals surface area (Å²) in [6.45, 7) is 1.48. The molecule has 3 heterocycles. The molecule has 1 atom stereocenters. The maximum atomic E-state index is 12.6. The maximum Gasteiger partial charge on any atom is 0.254 e. The fourth-order valence-electron chi connectivity index (χ4n) is 4.11. The lowest BCUT2D eigenvalue weighted by Crippen LogP contribution is -2.40. The van der Waals surface area contributed by atoms with Gasteiger partial charge in [0, 0.05) is 36.3 Å². The van der Waals surface area contributed by atoms with Crippen molar-refractivity contribution in [2.24, 2.45) is 5.10 Å². The van der Waals surface area contributed by atoms with Gasteiger partial charge >= 0.3 is 0 Å². The predicted molar refractivity (Wildman–Crippen MR) is 130 cm³/mol. The summed E-state index contributed by atoms with van der Waals surface area (Å²) >= 11 is 0. The Balaban J connectivity index is 1.34. The molecular weight excluding hydrogens is 430 g/mol. The lowest BCUT2D eigenvalue weighted by molar-refractivity contribution is -0.123. The van der Waals surface area contributed by atoms with Crippen LogP contribution >= 0.6 is 0 Å². The molecule has 1 amide bonds. The Hall–Kier alpha value is -3.78.